The standard InChI is InChI=1S/C5H8ClO2/c1-5(6)2-3-8-4-7/h5H,2-3H2,1H3. The molecule has 0 amide bonds. The molecule has 0 aliphatic carbocycles. The summed E-state index contributed by atoms with van der Waals surface area (Å²) in [5.41, 5.74) is 0. The zero-order valence-electron chi connectivity index (χ0n) is 4.69. The molecule has 0 heterocycles. The molecule has 0 rings (SSSR count). The van der Waals surface area contributed by atoms with Gasteiger partial charge in [-0.2, -0.15) is 0 Å². The zero-order chi connectivity index (χ0) is 6.41. The summed E-state index contributed by atoms with van der Waals surface area (Å²) in [6.07, 6.45) is 0.691. The van der Waals surface area contributed by atoms with Gasteiger partial charge in [-0.05, 0) is 13.3 Å². The van der Waals surface area contributed by atoms with E-state index in [9.17, 15) is 4.79 Å². The monoisotopic (exact) mass is 135 g/mol. The molecule has 0 bridgehead atoms. The summed E-state index contributed by atoms with van der Waals surface area (Å²) < 4.78 is 4.25. The van der Waals surface area contributed by atoms with E-state index in [4.69, 9.17) is 11.6 Å². The molecule has 8 heavy (non-hydrogen) atoms. The summed E-state index contributed by atoms with van der Waals surface area (Å²) >= 11 is 5.50. The van der Waals surface area contributed by atoms with Crippen molar-refractivity contribution in [2.24, 2.45) is 0 Å². The van der Waals surface area contributed by atoms with Crippen LogP contribution in [0.15, 0.2) is 0 Å². The molecule has 1 atom stereocenters. The van der Waals surface area contributed by atoms with Crippen LogP contribution in [0.25, 0.3) is 0 Å². The molecule has 1 unspecified atom stereocenters. The predicted octanol–water partition coefficient (Wildman–Crippen LogP) is 1.09. The lowest BCUT2D eigenvalue weighted by molar-refractivity contribution is 0.273. The minimum absolute atomic E-state index is 0.0725. The molecule has 0 aliphatic heterocycles. The lowest BCUT2D eigenvalue weighted by Gasteiger charge is -1.97. The van der Waals surface area contributed by atoms with Crippen LogP contribution in [0.4, 0.5) is 0 Å². The highest BCUT2D eigenvalue weighted by molar-refractivity contribution is 6.20. The fraction of sp³-hybridized carbons (Fsp3) is 0.800. The second-order valence-electron chi connectivity index (χ2n) is 1.50. The minimum Gasteiger partial charge on any atom is -0.457 e. The van der Waals surface area contributed by atoms with E-state index in [1.165, 1.54) is 6.47 Å². The van der Waals surface area contributed by atoms with Crippen LogP contribution in [0, 0.1) is 0 Å². The quantitative estimate of drug-likeness (QED) is 0.426. The van der Waals surface area contributed by atoms with Crippen molar-refractivity contribution in [2.45, 2.75) is 18.7 Å². The number of hydrogen-bond acceptors (Lipinski definition) is 2. The van der Waals surface area contributed by atoms with Gasteiger partial charge in [0.25, 0.3) is 0 Å². The van der Waals surface area contributed by atoms with E-state index in [0.717, 1.165) is 0 Å². The van der Waals surface area contributed by atoms with E-state index >= 15 is 0 Å². The van der Waals surface area contributed by atoms with Crippen molar-refractivity contribution in [1.29, 1.82) is 0 Å². The van der Waals surface area contributed by atoms with E-state index in [1.807, 2.05) is 6.92 Å². The number of hydrogen-bond donors (Lipinski definition) is 0. The molecule has 2 nitrogen and oxygen atoms in total. The van der Waals surface area contributed by atoms with Crippen molar-refractivity contribution in [2.75, 3.05) is 6.61 Å². The molecular weight excluding hydrogens is 128 g/mol. The predicted molar refractivity (Wildman–Crippen MR) is 31.6 cm³/mol. The highest BCUT2D eigenvalue weighted by Crippen LogP contribution is 1.98. The normalized spacial score (nSPS) is 12.8. The number of ether oxygens (including phenoxy) is 1. The van der Waals surface area contributed by atoms with Crippen LogP contribution in [0.3, 0.4) is 0 Å². The first-order chi connectivity index (χ1) is 3.77. The van der Waals surface area contributed by atoms with Crippen LogP contribution in [0.2, 0.25) is 0 Å². The van der Waals surface area contributed by atoms with Gasteiger partial charge in [-0.1, -0.05) is 0 Å². The smallest absolute Gasteiger partial charge is 0.417 e. The van der Waals surface area contributed by atoms with Crippen LogP contribution in [-0.2, 0) is 9.53 Å². The fourth-order valence-corrected chi connectivity index (χ4v) is 0.352. The van der Waals surface area contributed by atoms with Gasteiger partial charge >= 0.3 is 6.47 Å². The van der Waals surface area contributed by atoms with E-state index in [-0.39, 0.29) is 5.38 Å². The van der Waals surface area contributed by atoms with E-state index in [0.29, 0.717) is 13.0 Å². The maximum absolute atomic E-state index is 9.40. The third-order valence-corrected chi connectivity index (χ3v) is 0.895. The molecule has 1 radical (unpaired) electrons. The minimum atomic E-state index is 0.0725. The summed E-state index contributed by atoms with van der Waals surface area (Å²) in [6, 6.07) is 0. The molecule has 0 fully saturated rings. The molecule has 47 valence electrons. The van der Waals surface area contributed by atoms with Crippen LogP contribution in [0.1, 0.15) is 13.3 Å². The highest BCUT2D eigenvalue weighted by atomic mass is 35.5. The molecule has 0 N–H and O–H groups in total. The third kappa shape index (κ3) is 5.76. The Morgan fingerprint density at radius 2 is 2.50 bits per heavy atom. The summed E-state index contributed by atoms with van der Waals surface area (Å²) in [5.74, 6) is 0. The zero-order valence-corrected chi connectivity index (χ0v) is 5.44. The Labute approximate surface area is 53.8 Å². The Bertz CT molecular complexity index is 63.4. The Hall–Kier alpha value is -0.240. The fourth-order valence-electron chi connectivity index (χ4n) is 0.263. The third-order valence-electron chi connectivity index (χ3n) is 0.677. The van der Waals surface area contributed by atoms with Crippen LogP contribution in [-0.4, -0.2) is 18.5 Å². The van der Waals surface area contributed by atoms with E-state index < -0.39 is 0 Å². The van der Waals surface area contributed by atoms with Crippen molar-refractivity contribution in [3.05, 3.63) is 0 Å². The molecular formula is C5H8ClO2. The van der Waals surface area contributed by atoms with Gasteiger partial charge in [0, 0.05) is 5.38 Å². The first-order valence-electron chi connectivity index (χ1n) is 2.40. The van der Waals surface area contributed by atoms with Crippen molar-refractivity contribution in [3.8, 4) is 0 Å². The maximum atomic E-state index is 9.40. The Morgan fingerprint density at radius 3 is 2.88 bits per heavy atom. The molecule has 3 heteroatoms. The first-order valence-corrected chi connectivity index (χ1v) is 2.84. The number of alkyl halides is 1. The van der Waals surface area contributed by atoms with E-state index in [2.05, 4.69) is 4.74 Å². The number of rotatable bonds is 4. The van der Waals surface area contributed by atoms with Gasteiger partial charge in [0.05, 0.1) is 6.61 Å². The van der Waals surface area contributed by atoms with Gasteiger partial charge in [0.2, 0.25) is 0 Å². The van der Waals surface area contributed by atoms with Gasteiger partial charge < -0.3 is 4.74 Å². The van der Waals surface area contributed by atoms with Gasteiger partial charge in [-0.3, -0.25) is 0 Å². The number of halogens is 1. The van der Waals surface area contributed by atoms with E-state index in [1.54, 1.807) is 0 Å². The molecule has 0 spiro atoms. The molecule has 0 saturated heterocycles. The van der Waals surface area contributed by atoms with Crippen molar-refractivity contribution < 1.29 is 9.53 Å². The van der Waals surface area contributed by atoms with Crippen molar-refractivity contribution in [1.82, 2.24) is 0 Å². The highest BCUT2D eigenvalue weighted by Gasteiger charge is 1.93. The Kier molecular flexibility index (Phi) is 4.76. The summed E-state index contributed by atoms with van der Waals surface area (Å²) in [4.78, 5) is 9.40. The maximum Gasteiger partial charge on any atom is 0.417 e. The Morgan fingerprint density at radius 1 is 1.88 bits per heavy atom. The topological polar surface area (TPSA) is 26.3 Å². The SMILES string of the molecule is CC(Cl)CCO[C]=O. The lowest BCUT2D eigenvalue weighted by Crippen LogP contribution is -1.98. The van der Waals surface area contributed by atoms with Crippen LogP contribution < -0.4 is 0 Å². The summed E-state index contributed by atoms with van der Waals surface area (Å²) in [5, 5.41) is 0.0725. The van der Waals surface area contributed by atoms with Crippen LogP contribution >= 0.6 is 11.6 Å². The second kappa shape index (κ2) is 4.91. The van der Waals surface area contributed by atoms with Crippen LogP contribution in [0.5, 0.6) is 0 Å². The average molecular weight is 136 g/mol. The number of carbonyl (C=O) groups excluding carboxylic acids is 1. The van der Waals surface area contributed by atoms with Crippen molar-refractivity contribution >= 4 is 18.1 Å². The molecule has 0 aromatic rings. The van der Waals surface area contributed by atoms with Gasteiger partial charge in [-0.15, -0.1) is 11.6 Å². The Balaban J connectivity index is 2.81. The first kappa shape index (κ1) is 7.76. The molecule has 0 aromatic carbocycles. The molecule has 0 aromatic heterocycles. The van der Waals surface area contributed by atoms with Gasteiger partial charge in [0.15, 0.2) is 0 Å². The summed E-state index contributed by atoms with van der Waals surface area (Å²) in [7, 11) is 0. The molecule has 0 aliphatic rings. The van der Waals surface area contributed by atoms with Crippen molar-refractivity contribution in [3.63, 3.8) is 0 Å². The second-order valence-corrected chi connectivity index (χ2v) is 2.25. The average Bonchev–Trinajstić information content (AvgIpc) is 1.66. The van der Waals surface area contributed by atoms with Gasteiger partial charge in [-0.25, -0.2) is 4.79 Å². The largest absolute Gasteiger partial charge is 0.457 e. The summed E-state index contributed by atoms with van der Waals surface area (Å²) in [6.45, 7) is 3.53. The molecule has 0 saturated carbocycles. The van der Waals surface area contributed by atoms with Gasteiger partial charge in [0.1, 0.15) is 0 Å². The lowest BCUT2D eigenvalue weighted by atomic mass is 10.3.